The van der Waals surface area contributed by atoms with Gasteiger partial charge < -0.3 is 0 Å². The van der Waals surface area contributed by atoms with E-state index in [-0.39, 0.29) is 0 Å². The molecular weight excluding hydrogens is 304 g/mol. The fourth-order valence-electron chi connectivity index (χ4n) is 0.950. The Balaban J connectivity index is 2.75. The molecule has 0 unspecified atom stereocenters. The van der Waals surface area contributed by atoms with Crippen molar-refractivity contribution in [2.24, 2.45) is 0 Å². The molecule has 0 saturated heterocycles. The van der Waals surface area contributed by atoms with Crippen molar-refractivity contribution in [1.82, 2.24) is 9.36 Å². The van der Waals surface area contributed by atoms with E-state index in [4.69, 9.17) is 0 Å². The van der Waals surface area contributed by atoms with Crippen LogP contribution in [0.1, 0.15) is 5.69 Å². The molecule has 0 spiro atoms. The number of nitrogens with zero attached hydrogens (tertiary/aromatic N) is 2. The minimum Gasteiger partial charge on any atom is -0.243 e. The van der Waals surface area contributed by atoms with E-state index < -0.39 is 0 Å². The second-order valence-corrected chi connectivity index (χ2v) is 4.50. The summed E-state index contributed by atoms with van der Waals surface area (Å²) in [5.41, 5.74) is 1.06. The number of rotatable bonds is 1. The summed E-state index contributed by atoms with van der Waals surface area (Å²) < 4.78 is 5.26. The highest BCUT2D eigenvalue weighted by molar-refractivity contribution is 9.10. The zero-order valence-electron chi connectivity index (χ0n) is 5.92. The van der Waals surface area contributed by atoms with Crippen molar-refractivity contribution < 1.29 is 0 Å². The standard InChI is InChI=1S/C7H4Br2N2S/c8-2-6-5-1-4(9)3-10-7(5)12-11-6/h1,3H,2H2. The molecule has 2 rings (SSSR count). The Morgan fingerprint density at radius 1 is 1.50 bits per heavy atom. The molecule has 2 nitrogen and oxygen atoms in total. The smallest absolute Gasteiger partial charge is 0.143 e. The number of alkyl halides is 1. The van der Waals surface area contributed by atoms with Crippen molar-refractivity contribution in [3.8, 4) is 0 Å². The van der Waals surface area contributed by atoms with Gasteiger partial charge in [-0.25, -0.2) is 4.98 Å². The Morgan fingerprint density at radius 3 is 3.08 bits per heavy atom. The molecule has 2 aromatic heterocycles. The van der Waals surface area contributed by atoms with E-state index in [0.29, 0.717) is 0 Å². The Labute approximate surface area is 90.4 Å². The Bertz CT molecular complexity index is 413. The van der Waals surface area contributed by atoms with Gasteiger partial charge in [0.25, 0.3) is 0 Å². The van der Waals surface area contributed by atoms with Gasteiger partial charge in [-0.1, -0.05) is 15.9 Å². The Hall–Kier alpha value is -0.0000000000000000555. The summed E-state index contributed by atoms with van der Waals surface area (Å²) in [6, 6.07) is 2.04. The second-order valence-electron chi connectivity index (χ2n) is 2.27. The molecule has 0 aliphatic heterocycles. The zero-order chi connectivity index (χ0) is 8.55. The quantitative estimate of drug-likeness (QED) is 0.755. The third-order valence-corrected chi connectivity index (χ3v) is 3.27. The average molecular weight is 308 g/mol. The summed E-state index contributed by atoms with van der Waals surface area (Å²) in [6.45, 7) is 0. The number of hydrogen-bond acceptors (Lipinski definition) is 3. The lowest BCUT2D eigenvalue weighted by Crippen LogP contribution is -1.77. The number of pyridine rings is 1. The van der Waals surface area contributed by atoms with Crippen molar-refractivity contribution in [3.05, 3.63) is 22.4 Å². The van der Waals surface area contributed by atoms with Gasteiger partial charge in [-0.3, -0.25) is 0 Å². The van der Waals surface area contributed by atoms with Gasteiger partial charge in [-0.05, 0) is 33.5 Å². The van der Waals surface area contributed by atoms with Crippen LogP contribution in [-0.4, -0.2) is 9.36 Å². The Morgan fingerprint density at radius 2 is 2.33 bits per heavy atom. The van der Waals surface area contributed by atoms with E-state index in [1.54, 1.807) is 6.20 Å². The van der Waals surface area contributed by atoms with Gasteiger partial charge in [0.15, 0.2) is 0 Å². The van der Waals surface area contributed by atoms with Gasteiger partial charge in [0.05, 0.1) is 5.69 Å². The van der Waals surface area contributed by atoms with Crippen molar-refractivity contribution >= 4 is 53.6 Å². The molecule has 12 heavy (non-hydrogen) atoms. The van der Waals surface area contributed by atoms with E-state index in [2.05, 4.69) is 41.2 Å². The molecule has 5 heteroatoms. The molecule has 0 fully saturated rings. The number of aromatic nitrogens is 2. The number of hydrogen-bond donors (Lipinski definition) is 0. The first-order valence-corrected chi connectivity index (χ1v) is 5.96. The molecule has 0 aromatic carbocycles. The summed E-state index contributed by atoms with van der Waals surface area (Å²) >= 11 is 8.20. The molecule has 0 atom stereocenters. The molecule has 0 aliphatic rings. The van der Waals surface area contributed by atoms with Gasteiger partial charge in [0.1, 0.15) is 4.83 Å². The van der Waals surface area contributed by atoms with E-state index in [1.165, 1.54) is 11.5 Å². The average Bonchev–Trinajstić information content (AvgIpc) is 2.46. The topological polar surface area (TPSA) is 25.8 Å². The maximum absolute atomic E-state index is 4.27. The fraction of sp³-hybridized carbons (Fsp3) is 0.143. The molecule has 0 bridgehead atoms. The molecular formula is C7H4Br2N2S. The summed E-state index contributed by atoms with van der Waals surface area (Å²) in [6.07, 6.45) is 1.79. The summed E-state index contributed by atoms with van der Waals surface area (Å²) in [4.78, 5) is 5.23. The van der Waals surface area contributed by atoms with E-state index in [1.807, 2.05) is 6.07 Å². The SMILES string of the molecule is BrCc1nsc2ncc(Br)cc12. The lowest BCUT2D eigenvalue weighted by atomic mass is 10.3. The molecule has 0 saturated carbocycles. The molecule has 2 aromatic rings. The Kier molecular flexibility index (Phi) is 2.43. The van der Waals surface area contributed by atoms with Gasteiger partial charge in [0, 0.05) is 21.4 Å². The monoisotopic (exact) mass is 306 g/mol. The van der Waals surface area contributed by atoms with Gasteiger partial charge in [0.2, 0.25) is 0 Å². The third kappa shape index (κ3) is 1.41. The van der Waals surface area contributed by atoms with Gasteiger partial charge in [-0.2, -0.15) is 4.37 Å². The van der Waals surface area contributed by atoms with Crippen LogP contribution in [0.2, 0.25) is 0 Å². The van der Waals surface area contributed by atoms with E-state index in [9.17, 15) is 0 Å². The van der Waals surface area contributed by atoms with E-state index >= 15 is 0 Å². The summed E-state index contributed by atoms with van der Waals surface area (Å²) in [5.74, 6) is 0. The van der Waals surface area contributed by atoms with Crippen LogP contribution >= 0.6 is 43.4 Å². The second kappa shape index (κ2) is 3.40. The van der Waals surface area contributed by atoms with Crippen LogP contribution in [0.4, 0.5) is 0 Å². The highest BCUT2D eigenvalue weighted by Crippen LogP contribution is 2.24. The van der Waals surface area contributed by atoms with Crippen molar-refractivity contribution in [2.45, 2.75) is 5.33 Å². The predicted octanol–water partition coefficient (Wildman–Crippen LogP) is 3.35. The van der Waals surface area contributed by atoms with Crippen LogP contribution < -0.4 is 0 Å². The van der Waals surface area contributed by atoms with Gasteiger partial charge >= 0.3 is 0 Å². The van der Waals surface area contributed by atoms with Crippen LogP contribution in [-0.2, 0) is 5.33 Å². The van der Waals surface area contributed by atoms with E-state index in [0.717, 1.165) is 25.7 Å². The van der Waals surface area contributed by atoms with Crippen molar-refractivity contribution in [3.63, 3.8) is 0 Å². The largest absolute Gasteiger partial charge is 0.243 e. The first kappa shape index (κ1) is 8.59. The molecule has 0 N–H and O–H groups in total. The first-order valence-electron chi connectivity index (χ1n) is 3.27. The minimum absolute atomic E-state index is 0.783. The molecule has 0 amide bonds. The molecule has 62 valence electrons. The van der Waals surface area contributed by atoms with Crippen LogP contribution in [0.15, 0.2) is 16.7 Å². The normalized spacial score (nSPS) is 10.8. The van der Waals surface area contributed by atoms with Crippen molar-refractivity contribution in [1.29, 1.82) is 0 Å². The number of fused-ring (bicyclic) bond motifs is 1. The summed E-state index contributed by atoms with van der Waals surface area (Å²) in [7, 11) is 0. The maximum Gasteiger partial charge on any atom is 0.143 e. The zero-order valence-corrected chi connectivity index (χ0v) is 9.91. The summed E-state index contributed by atoms with van der Waals surface area (Å²) in [5, 5.41) is 1.91. The number of halogens is 2. The van der Waals surface area contributed by atoms with Gasteiger partial charge in [-0.15, -0.1) is 0 Å². The highest BCUT2D eigenvalue weighted by Gasteiger charge is 2.05. The van der Waals surface area contributed by atoms with Crippen molar-refractivity contribution in [2.75, 3.05) is 0 Å². The molecule has 0 radical (unpaired) electrons. The maximum atomic E-state index is 4.27. The first-order chi connectivity index (χ1) is 5.81. The van der Waals surface area contributed by atoms with Crippen LogP contribution in [0, 0.1) is 0 Å². The highest BCUT2D eigenvalue weighted by atomic mass is 79.9. The van der Waals surface area contributed by atoms with Crippen LogP contribution in [0.25, 0.3) is 10.2 Å². The fourth-order valence-corrected chi connectivity index (χ4v) is 2.61. The lowest BCUT2D eigenvalue weighted by molar-refractivity contribution is 1.34. The van der Waals surface area contributed by atoms with Crippen LogP contribution in [0.3, 0.4) is 0 Å². The van der Waals surface area contributed by atoms with Crippen LogP contribution in [0.5, 0.6) is 0 Å². The minimum atomic E-state index is 0.783. The molecule has 0 aliphatic carbocycles. The molecule has 2 heterocycles. The lowest BCUT2D eigenvalue weighted by Gasteiger charge is -1.91. The predicted molar refractivity (Wildman–Crippen MR) is 57.7 cm³/mol. The third-order valence-electron chi connectivity index (χ3n) is 1.50.